The number of benzene rings is 3. The molecule has 2 aliphatic rings. The number of halogens is 1. The van der Waals surface area contributed by atoms with Gasteiger partial charge in [-0.05, 0) is 73.6 Å². The number of hydrogen-bond donors (Lipinski definition) is 1. The molecular weight excluding hydrogens is 570 g/mol. The first-order valence-electron chi connectivity index (χ1n) is 15.0. The average Bonchev–Trinajstić information content (AvgIpc) is 3.28. The van der Waals surface area contributed by atoms with Gasteiger partial charge in [-0.1, -0.05) is 96.5 Å². The van der Waals surface area contributed by atoms with Gasteiger partial charge in [0, 0.05) is 23.3 Å². The highest BCUT2D eigenvalue weighted by molar-refractivity contribution is 6.31. The van der Waals surface area contributed by atoms with Crippen LogP contribution in [0.4, 0.5) is 0 Å². The van der Waals surface area contributed by atoms with Crippen LogP contribution in [-0.2, 0) is 19.4 Å². The van der Waals surface area contributed by atoms with Gasteiger partial charge in [-0.25, -0.2) is 0 Å². The number of carbonyl (C=O) groups is 1. The van der Waals surface area contributed by atoms with Crippen molar-refractivity contribution in [3.8, 4) is 5.75 Å². The van der Waals surface area contributed by atoms with Crippen LogP contribution in [0.25, 0.3) is 0 Å². The van der Waals surface area contributed by atoms with Crippen molar-refractivity contribution in [3.05, 3.63) is 158 Å². The van der Waals surface area contributed by atoms with E-state index in [0.717, 1.165) is 29.5 Å². The van der Waals surface area contributed by atoms with Crippen LogP contribution in [0.15, 0.2) is 119 Å². The van der Waals surface area contributed by atoms with Gasteiger partial charge in [0.05, 0.1) is 11.6 Å². The second kappa shape index (κ2) is 12.2. The predicted molar refractivity (Wildman–Crippen MR) is 176 cm³/mol. The number of nitrogens with zero attached hydrogens (tertiary/aromatic N) is 2. The van der Waals surface area contributed by atoms with Crippen LogP contribution in [0.5, 0.6) is 5.75 Å². The molecule has 7 heteroatoms. The fourth-order valence-electron chi connectivity index (χ4n) is 6.39. The van der Waals surface area contributed by atoms with E-state index in [-0.39, 0.29) is 41.5 Å². The molecule has 1 unspecified atom stereocenters. The summed E-state index contributed by atoms with van der Waals surface area (Å²) in [7, 11) is 0. The zero-order valence-corrected chi connectivity index (χ0v) is 25.9. The molecule has 0 spiro atoms. The minimum absolute atomic E-state index is 0.00431. The van der Waals surface area contributed by atoms with Gasteiger partial charge in [0.2, 0.25) is 5.43 Å². The summed E-state index contributed by atoms with van der Waals surface area (Å²) in [6.07, 6.45) is 9.02. The molecule has 6 nitrogen and oxygen atoms in total. The monoisotopic (exact) mass is 605 g/mol. The zero-order valence-electron chi connectivity index (χ0n) is 25.2. The average molecular weight is 606 g/mol. The number of fused-ring (bicyclic) bond motifs is 2. The van der Waals surface area contributed by atoms with Crippen molar-refractivity contribution in [2.45, 2.75) is 57.8 Å². The number of aromatic nitrogens is 1. The van der Waals surface area contributed by atoms with Crippen LogP contribution >= 0.6 is 11.6 Å². The summed E-state index contributed by atoms with van der Waals surface area (Å²) in [6.45, 7) is 5.99. The molecule has 0 bridgehead atoms. The Labute approximate surface area is 263 Å². The molecule has 0 radical (unpaired) electrons. The number of nitrogens with one attached hydrogen (secondary N) is 1. The van der Waals surface area contributed by atoms with Crippen LogP contribution < -0.4 is 15.6 Å². The third kappa shape index (κ3) is 5.70. The first kappa shape index (κ1) is 29.5. The maximum Gasteiger partial charge on any atom is 0.277 e. The molecule has 1 heterocycles. The Hall–Kier alpha value is -4.55. The van der Waals surface area contributed by atoms with Crippen LogP contribution in [-0.4, -0.2) is 27.1 Å². The van der Waals surface area contributed by atoms with E-state index in [9.17, 15) is 9.59 Å². The SMILES string of the molecule is CC(C)N(C(=O)c1c(OCc2ccccc2)c(=O)ccn1NC1c2ccccc2CCc2ccccc21)C1(C)C=CC(Cl)=C1. The zero-order chi connectivity index (χ0) is 30.8. The van der Waals surface area contributed by atoms with Crippen LogP contribution in [0.3, 0.4) is 0 Å². The Morgan fingerprint density at radius 2 is 1.59 bits per heavy atom. The molecule has 1 N–H and O–H groups in total. The van der Waals surface area contributed by atoms with E-state index in [1.807, 2.05) is 75.4 Å². The second-order valence-electron chi connectivity index (χ2n) is 11.8. The largest absolute Gasteiger partial charge is 0.482 e. The van der Waals surface area contributed by atoms with E-state index < -0.39 is 5.54 Å². The smallest absolute Gasteiger partial charge is 0.277 e. The van der Waals surface area contributed by atoms with Gasteiger partial charge in [-0.15, -0.1) is 0 Å². The summed E-state index contributed by atoms with van der Waals surface area (Å²) >= 11 is 6.39. The molecule has 0 saturated carbocycles. The lowest BCUT2D eigenvalue weighted by molar-refractivity contribution is 0.0571. The maximum atomic E-state index is 14.8. The number of ether oxygens (including phenoxy) is 1. The number of carbonyl (C=O) groups excluding carboxylic acids is 1. The van der Waals surface area contributed by atoms with Gasteiger partial charge in [0.1, 0.15) is 6.61 Å². The molecule has 6 rings (SSSR count). The second-order valence-corrected chi connectivity index (χ2v) is 12.3. The Kier molecular flexibility index (Phi) is 8.19. The fourth-order valence-corrected chi connectivity index (χ4v) is 6.68. The highest BCUT2D eigenvalue weighted by Crippen LogP contribution is 2.36. The molecule has 0 saturated heterocycles. The molecule has 1 aromatic heterocycles. The van der Waals surface area contributed by atoms with E-state index in [1.165, 1.54) is 17.2 Å². The van der Waals surface area contributed by atoms with Crippen molar-refractivity contribution >= 4 is 17.5 Å². The van der Waals surface area contributed by atoms with Gasteiger partial charge in [0.25, 0.3) is 5.91 Å². The minimum atomic E-state index is -0.794. The summed E-state index contributed by atoms with van der Waals surface area (Å²) in [5.41, 5.74) is 8.24. The van der Waals surface area contributed by atoms with Crippen LogP contribution in [0, 0.1) is 0 Å². The Morgan fingerprint density at radius 3 is 2.18 bits per heavy atom. The number of pyridine rings is 1. The van der Waals surface area contributed by atoms with Crippen molar-refractivity contribution in [2.24, 2.45) is 0 Å². The van der Waals surface area contributed by atoms with Crippen LogP contribution in [0.2, 0.25) is 0 Å². The lowest BCUT2D eigenvalue weighted by Gasteiger charge is -2.40. The van der Waals surface area contributed by atoms with Crippen LogP contribution in [0.1, 0.15) is 65.1 Å². The van der Waals surface area contributed by atoms with Gasteiger partial charge in [-0.2, -0.15) is 0 Å². The standard InChI is InChI=1S/C37H36ClN3O3/c1-25(2)41(37(3)21-19-29(38)23-37)36(43)34-35(44-24-26-11-5-4-6-12-26)32(42)20-22-40(34)39-33-30-15-9-7-13-27(30)17-18-28-14-8-10-16-31(28)33/h4-16,19-23,25,33,39H,17-18,24H2,1-3H3. The molecule has 3 aromatic carbocycles. The molecule has 1 amide bonds. The van der Waals surface area contributed by atoms with Gasteiger partial charge in [-0.3, -0.25) is 14.3 Å². The lowest BCUT2D eigenvalue weighted by Crippen LogP contribution is -2.52. The van der Waals surface area contributed by atoms with Crippen molar-refractivity contribution in [1.29, 1.82) is 0 Å². The number of allylic oxidation sites excluding steroid dienone is 2. The summed E-state index contributed by atoms with van der Waals surface area (Å²) in [6, 6.07) is 27.3. The number of hydrogen-bond acceptors (Lipinski definition) is 4. The topological polar surface area (TPSA) is 63.6 Å². The Morgan fingerprint density at radius 1 is 0.977 bits per heavy atom. The predicted octanol–water partition coefficient (Wildman–Crippen LogP) is 7.16. The number of amides is 1. The van der Waals surface area contributed by atoms with E-state index in [1.54, 1.807) is 21.8 Å². The number of aryl methyl sites for hydroxylation is 2. The summed E-state index contributed by atoms with van der Waals surface area (Å²) < 4.78 is 7.91. The van der Waals surface area contributed by atoms with E-state index in [4.69, 9.17) is 16.3 Å². The molecule has 1 atom stereocenters. The van der Waals surface area contributed by atoms with Gasteiger partial charge < -0.3 is 15.1 Å². The number of rotatable bonds is 8. The minimum Gasteiger partial charge on any atom is -0.482 e. The molecule has 44 heavy (non-hydrogen) atoms. The molecule has 0 aliphatic heterocycles. The molecule has 2 aliphatic carbocycles. The Balaban J connectivity index is 1.51. The Bertz CT molecular complexity index is 1760. The van der Waals surface area contributed by atoms with Crippen molar-refractivity contribution in [1.82, 2.24) is 9.58 Å². The van der Waals surface area contributed by atoms with E-state index >= 15 is 0 Å². The van der Waals surface area contributed by atoms with Gasteiger partial charge in [0.15, 0.2) is 11.4 Å². The summed E-state index contributed by atoms with van der Waals surface area (Å²) in [5.74, 6) is -0.353. The normalized spacial score (nSPS) is 17.4. The third-order valence-corrected chi connectivity index (χ3v) is 8.65. The maximum absolute atomic E-state index is 14.8. The quantitative estimate of drug-likeness (QED) is 0.231. The highest BCUT2D eigenvalue weighted by atomic mass is 35.5. The van der Waals surface area contributed by atoms with E-state index in [2.05, 4.69) is 41.8 Å². The van der Waals surface area contributed by atoms with Gasteiger partial charge >= 0.3 is 0 Å². The van der Waals surface area contributed by atoms with Crippen molar-refractivity contribution in [2.75, 3.05) is 5.43 Å². The van der Waals surface area contributed by atoms with Crippen molar-refractivity contribution < 1.29 is 9.53 Å². The van der Waals surface area contributed by atoms with E-state index in [0.29, 0.717) is 5.03 Å². The summed E-state index contributed by atoms with van der Waals surface area (Å²) in [4.78, 5) is 30.1. The molecule has 224 valence electrons. The molecular formula is C37H36ClN3O3. The molecule has 0 fully saturated rings. The lowest BCUT2D eigenvalue weighted by atomic mass is 9.95. The fraction of sp³-hybridized carbons (Fsp3) is 0.243. The van der Waals surface area contributed by atoms with Crippen molar-refractivity contribution in [3.63, 3.8) is 0 Å². The summed E-state index contributed by atoms with van der Waals surface area (Å²) in [5, 5.41) is 0.557. The highest BCUT2D eigenvalue weighted by Gasteiger charge is 2.39. The first-order valence-corrected chi connectivity index (χ1v) is 15.4. The molecule has 4 aromatic rings. The third-order valence-electron chi connectivity index (χ3n) is 8.41. The first-order chi connectivity index (χ1) is 21.2.